The standard InChI is InChI=1S/C15H25N3.HI/c1-5-13-6-8-14(9-7-13)10-11-17-15(16-4)18-12(2)3;/h6-9,12H,5,10-11H2,1-4H3,(H2,16,17,18);1H. The minimum absolute atomic E-state index is 0. The van der Waals surface area contributed by atoms with Crippen molar-refractivity contribution in [2.75, 3.05) is 13.6 Å². The van der Waals surface area contributed by atoms with E-state index in [-0.39, 0.29) is 24.0 Å². The molecular weight excluding hydrogens is 349 g/mol. The fourth-order valence-corrected chi connectivity index (χ4v) is 1.73. The molecule has 2 N–H and O–H groups in total. The third-order valence-electron chi connectivity index (χ3n) is 2.79. The van der Waals surface area contributed by atoms with Crippen molar-refractivity contribution in [3.63, 3.8) is 0 Å². The van der Waals surface area contributed by atoms with E-state index in [1.165, 1.54) is 11.1 Å². The molecule has 3 nitrogen and oxygen atoms in total. The molecule has 0 fully saturated rings. The lowest BCUT2D eigenvalue weighted by Crippen LogP contribution is -2.41. The van der Waals surface area contributed by atoms with Crippen LogP contribution in [-0.4, -0.2) is 25.6 Å². The van der Waals surface area contributed by atoms with Crippen LogP contribution in [-0.2, 0) is 12.8 Å². The van der Waals surface area contributed by atoms with Crippen LogP contribution in [0.4, 0.5) is 0 Å². The van der Waals surface area contributed by atoms with E-state index >= 15 is 0 Å². The van der Waals surface area contributed by atoms with Gasteiger partial charge in [-0.15, -0.1) is 24.0 Å². The van der Waals surface area contributed by atoms with Gasteiger partial charge in [-0.25, -0.2) is 0 Å². The Labute approximate surface area is 134 Å². The Morgan fingerprint density at radius 2 is 1.74 bits per heavy atom. The summed E-state index contributed by atoms with van der Waals surface area (Å²) in [5.74, 6) is 0.871. The summed E-state index contributed by atoms with van der Waals surface area (Å²) in [6.07, 6.45) is 2.12. The number of hydrogen-bond acceptors (Lipinski definition) is 1. The van der Waals surface area contributed by atoms with Gasteiger partial charge in [0.1, 0.15) is 0 Å². The van der Waals surface area contributed by atoms with E-state index in [0.717, 1.165) is 25.3 Å². The number of guanidine groups is 1. The number of benzene rings is 1. The van der Waals surface area contributed by atoms with E-state index in [2.05, 4.69) is 60.7 Å². The van der Waals surface area contributed by atoms with Gasteiger partial charge in [0.05, 0.1) is 0 Å². The van der Waals surface area contributed by atoms with Crippen molar-refractivity contribution in [1.29, 1.82) is 0 Å². The highest BCUT2D eigenvalue weighted by Crippen LogP contribution is 2.05. The summed E-state index contributed by atoms with van der Waals surface area (Å²) in [7, 11) is 1.80. The average molecular weight is 375 g/mol. The first-order chi connectivity index (χ1) is 8.65. The molecule has 0 atom stereocenters. The summed E-state index contributed by atoms with van der Waals surface area (Å²) in [5, 5.41) is 6.59. The topological polar surface area (TPSA) is 36.4 Å². The zero-order valence-corrected chi connectivity index (χ0v) is 14.7. The molecule has 1 aromatic carbocycles. The predicted octanol–water partition coefficient (Wildman–Crippen LogP) is 2.98. The monoisotopic (exact) mass is 375 g/mol. The van der Waals surface area contributed by atoms with Crippen LogP contribution in [0.2, 0.25) is 0 Å². The Morgan fingerprint density at radius 3 is 2.21 bits per heavy atom. The van der Waals surface area contributed by atoms with Gasteiger partial charge in [-0.1, -0.05) is 31.2 Å². The van der Waals surface area contributed by atoms with E-state index < -0.39 is 0 Å². The Bertz CT molecular complexity index is 371. The molecule has 108 valence electrons. The maximum absolute atomic E-state index is 4.18. The fourth-order valence-electron chi connectivity index (χ4n) is 1.73. The molecule has 0 aliphatic carbocycles. The normalized spacial score (nSPS) is 11.1. The van der Waals surface area contributed by atoms with Crippen LogP contribution in [0.15, 0.2) is 29.3 Å². The molecular formula is C15H26IN3. The highest BCUT2D eigenvalue weighted by Gasteiger charge is 1.99. The van der Waals surface area contributed by atoms with Gasteiger partial charge >= 0.3 is 0 Å². The Kier molecular flexibility index (Phi) is 9.65. The molecule has 1 rings (SSSR count). The summed E-state index contributed by atoms with van der Waals surface area (Å²) in [4.78, 5) is 4.18. The molecule has 0 saturated heterocycles. The van der Waals surface area contributed by atoms with Gasteiger partial charge < -0.3 is 10.6 Å². The van der Waals surface area contributed by atoms with Crippen LogP contribution >= 0.6 is 24.0 Å². The van der Waals surface area contributed by atoms with Crippen molar-refractivity contribution in [2.45, 2.75) is 39.7 Å². The van der Waals surface area contributed by atoms with Gasteiger partial charge in [0.15, 0.2) is 5.96 Å². The first-order valence-electron chi connectivity index (χ1n) is 6.70. The molecule has 19 heavy (non-hydrogen) atoms. The van der Waals surface area contributed by atoms with E-state index in [1.807, 2.05) is 0 Å². The average Bonchev–Trinajstić information content (AvgIpc) is 2.38. The van der Waals surface area contributed by atoms with Gasteiger partial charge in [-0.05, 0) is 37.8 Å². The summed E-state index contributed by atoms with van der Waals surface area (Å²) >= 11 is 0. The molecule has 0 aliphatic rings. The third-order valence-corrected chi connectivity index (χ3v) is 2.79. The van der Waals surface area contributed by atoms with Gasteiger partial charge in [-0.2, -0.15) is 0 Å². The van der Waals surface area contributed by atoms with Crippen molar-refractivity contribution in [3.05, 3.63) is 35.4 Å². The maximum Gasteiger partial charge on any atom is 0.191 e. The van der Waals surface area contributed by atoms with Crippen LogP contribution in [0.25, 0.3) is 0 Å². The highest BCUT2D eigenvalue weighted by molar-refractivity contribution is 14.0. The number of rotatable bonds is 5. The molecule has 0 unspecified atom stereocenters. The molecule has 0 radical (unpaired) electrons. The van der Waals surface area contributed by atoms with Crippen molar-refractivity contribution < 1.29 is 0 Å². The van der Waals surface area contributed by atoms with E-state index in [4.69, 9.17) is 0 Å². The molecule has 0 spiro atoms. The third kappa shape index (κ3) is 7.40. The van der Waals surface area contributed by atoms with Gasteiger partial charge in [0.2, 0.25) is 0 Å². The molecule has 0 amide bonds. The molecule has 0 bridgehead atoms. The van der Waals surface area contributed by atoms with Crippen LogP contribution in [0, 0.1) is 0 Å². The second kappa shape index (κ2) is 10.1. The number of nitrogens with one attached hydrogen (secondary N) is 2. The van der Waals surface area contributed by atoms with Crippen LogP contribution in [0.1, 0.15) is 31.9 Å². The predicted molar refractivity (Wildman–Crippen MR) is 94.6 cm³/mol. The lowest BCUT2D eigenvalue weighted by Gasteiger charge is -2.14. The largest absolute Gasteiger partial charge is 0.356 e. The highest BCUT2D eigenvalue weighted by atomic mass is 127. The van der Waals surface area contributed by atoms with Crippen LogP contribution in [0.5, 0.6) is 0 Å². The first-order valence-corrected chi connectivity index (χ1v) is 6.70. The molecule has 0 heterocycles. The minimum atomic E-state index is 0. The fraction of sp³-hybridized carbons (Fsp3) is 0.533. The van der Waals surface area contributed by atoms with Crippen LogP contribution < -0.4 is 10.6 Å². The number of halogens is 1. The summed E-state index contributed by atoms with van der Waals surface area (Å²) in [5.41, 5.74) is 2.75. The molecule has 0 saturated carbocycles. The quantitative estimate of drug-likeness (QED) is 0.472. The number of aryl methyl sites for hydroxylation is 1. The van der Waals surface area contributed by atoms with Crippen molar-refractivity contribution >= 4 is 29.9 Å². The van der Waals surface area contributed by atoms with Crippen molar-refractivity contribution in [2.24, 2.45) is 4.99 Å². The van der Waals surface area contributed by atoms with E-state index in [0.29, 0.717) is 6.04 Å². The summed E-state index contributed by atoms with van der Waals surface area (Å²) < 4.78 is 0. The van der Waals surface area contributed by atoms with E-state index in [1.54, 1.807) is 7.05 Å². The number of hydrogen-bond donors (Lipinski definition) is 2. The molecule has 1 aromatic rings. The van der Waals surface area contributed by atoms with Crippen molar-refractivity contribution in [3.8, 4) is 0 Å². The Hall–Kier alpha value is -0.780. The summed E-state index contributed by atoms with van der Waals surface area (Å²) in [6, 6.07) is 9.23. The van der Waals surface area contributed by atoms with Gasteiger partial charge in [-0.3, -0.25) is 4.99 Å². The maximum atomic E-state index is 4.18. The molecule has 4 heteroatoms. The lowest BCUT2D eigenvalue weighted by molar-refractivity contribution is 0.698. The molecule has 0 aliphatic heterocycles. The number of nitrogens with zero attached hydrogens (tertiary/aromatic N) is 1. The van der Waals surface area contributed by atoms with Gasteiger partial charge in [0, 0.05) is 19.6 Å². The van der Waals surface area contributed by atoms with Crippen LogP contribution in [0.3, 0.4) is 0 Å². The second-order valence-electron chi connectivity index (χ2n) is 4.72. The molecule has 0 aromatic heterocycles. The minimum Gasteiger partial charge on any atom is -0.356 e. The smallest absolute Gasteiger partial charge is 0.191 e. The number of aliphatic imine (C=N–C) groups is 1. The van der Waals surface area contributed by atoms with Crippen molar-refractivity contribution in [1.82, 2.24) is 10.6 Å². The zero-order valence-electron chi connectivity index (χ0n) is 12.4. The Balaban J connectivity index is 0.00000324. The van der Waals surface area contributed by atoms with E-state index in [9.17, 15) is 0 Å². The SMILES string of the molecule is CCc1ccc(CCNC(=NC)NC(C)C)cc1.I. The lowest BCUT2D eigenvalue weighted by atomic mass is 10.1. The van der Waals surface area contributed by atoms with Gasteiger partial charge in [0.25, 0.3) is 0 Å². The summed E-state index contributed by atoms with van der Waals surface area (Å²) in [6.45, 7) is 7.29. The first kappa shape index (κ1) is 18.2. The zero-order chi connectivity index (χ0) is 13.4. The second-order valence-corrected chi connectivity index (χ2v) is 4.72. The Morgan fingerprint density at radius 1 is 1.16 bits per heavy atom.